The van der Waals surface area contributed by atoms with Gasteiger partial charge in [0.05, 0.1) is 12.2 Å². The molecule has 0 N–H and O–H groups in total. The van der Waals surface area contributed by atoms with Crippen LogP contribution in [0.5, 0.6) is 5.88 Å². The molecule has 0 atom stereocenters. The summed E-state index contributed by atoms with van der Waals surface area (Å²) in [4.78, 5) is 13.3. The van der Waals surface area contributed by atoms with Gasteiger partial charge < -0.3 is 14.5 Å². The van der Waals surface area contributed by atoms with Gasteiger partial charge in [-0.3, -0.25) is 0 Å². The van der Waals surface area contributed by atoms with E-state index in [-0.39, 0.29) is 0 Å². The predicted octanol–water partition coefficient (Wildman–Crippen LogP) is 2.07. The number of ether oxygens (including phenoxy) is 1. The second-order valence-corrected chi connectivity index (χ2v) is 5.23. The Labute approximate surface area is 136 Å². The maximum Gasteiger partial charge on any atom is 0.215 e. The largest absolute Gasteiger partial charge is 0.478 e. The molecule has 0 spiro atoms. The smallest absolute Gasteiger partial charge is 0.215 e. The van der Waals surface area contributed by atoms with Crippen LogP contribution in [0.3, 0.4) is 0 Å². The average Bonchev–Trinajstić information content (AvgIpc) is 2.62. The second kappa shape index (κ2) is 6.97. The third kappa shape index (κ3) is 3.34. The maximum absolute atomic E-state index is 9.21. The minimum atomic E-state index is 0.612. The lowest BCUT2D eigenvalue weighted by Gasteiger charge is -2.36. The Kier molecular flexibility index (Phi) is 4.57. The molecule has 1 aliphatic heterocycles. The number of pyridine rings is 2. The number of anilines is 2. The normalized spacial score (nSPS) is 14.4. The Bertz CT molecular complexity index is 704. The van der Waals surface area contributed by atoms with E-state index in [2.05, 4.69) is 25.8 Å². The van der Waals surface area contributed by atoms with Crippen LogP contribution >= 0.6 is 0 Å². The molecule has 23 heavy (non-hydrogen) atoms. The van der Waals surface area contributed by atoms with E-state index in [0.717, 1.165) is 37.8 Å². The van der Waals surface area contributed by atoms with Crippen LogP contribution in [0.2, 0.25) is 0 Å². The molecule has 1 aliphatic rings. The van der Waals surface area contributed by atoms with Crippen molar-refractivity contribution in [3.05, 3.63) is 42.1 Å². The summed E-state index contributed by atoms with van der Waals surface area (Å²) < 4.78 is 5.46. The minimum absolute atomic E-state index is 0.612. The van der Waals surface area contributed by atoms with Gasteiger partial charge in [0.15, 0.2) is 0 Å². The van der Waals surface area contributed by atoms with E-state index in [9.17, 15) is 5.26 Å². The summed E-state index contributed by atoms with van der Waals surface area (Å²) in [5, 5.41) is 9.21. The SMILES string of the molecule is CCOc1cccc(N2CCN(c3ncccc3C#N)CC2)n1. The van der Waals surface area contributed by atoms with Gasteiger partial charge >= 0.3 is 0 Å². The van der Waals surface area contributed by atoms with E-state index in [1.165, 1.54) is 0 Å². The molecule has 0 amide bonds. The summed E-state index contributed by atoms with van der Waals surface area (Å²) in [6.45, 7) is 5.86. The van der Waals surface area contributed by atoms with Gasteiger partial charge in [-0.2, -0.15) is 10.2 Å². The molecule has 0 aromatic carbocycles. The molecule has 6 nitrogen and oxygen atoms in total. The summed E-state index contributed by atoms with van der Waals surface area (Å²) in [6.07, 6.45) is 1.73. The monoisotopic (exact) mass is 309 g/mol. The number of hydrogen-bond donors (Lipinski definition) is 0. The van der Waals surface area contributed by atoms with E-state index in [0.29, 0.717) is 18.1 Å². The summed E-state index contributed by atoms with van der Waals surface area (Å²) in [5.74, 6) is 2.35. The highest BCUT2D eigenvalue weighted by atomic mass is 16.5. The van der Waals surface area contributed by atoms with Gasteiger partial charge in [0, 0.05) is 38.4 Å². The fourth-order valence-electron chi connectivity index (χ4n) is 2.69. The molecule has 0 unspecified atom stereocenters. The molecule has 3 rings (SSSR count). The van der Waals surface area contributed by atoms with E-state index in [4.69, 9.17) is 4.74 Å². The Morgan fingerprint density at radius 3 is 2.65 bits per heavy atom. The maximum atomic E-state index is 9.21. The molecule has 1 fully saturated rings. The molecule has 2 aromatic rings. The van der Waals surface area contributed by atoms with Gasteiger partial charge in [-0.1, -0.05) is 6.07 Å². The Hall–Kier alpha value is -2.81. The van der Waals surface area contributed by atoms with Crippen molar-refractivity contribution in [2.75, 3.05) is 42.6 Å². The van der Waals surface area contributed by atoms with Gasteiger partial charge in [0.1, 0.15) is 17.7 Å². The molecule has 1 saturated heterocycles. The Balaban J connectivity index is 1.69. The number of hydrogen-bond acceptors (Lipinski definition) is 6. The lowest BCUT2D eigenvalue weighted by molar-refractivity contribution is 0.327. The second-order valence-electron chi connectivity index (χ2n) is 5.23. The van der Waals surface area contributed by atoms with Crippen molar-refractivity contribution in [2.24, 2.45) is 0 Å². The molecule has 3 heterocycles. The van der Waals surface area contributed by atoms with Gasteiger partial charge in [-0.25, -0.2) is 4.98 Å². The number of piperazine rings is 1. The third-order valence-electron chi connectivity index (χ3n) is 3.81. The summed E-state index contributed by atoms with van der Waals surface area (Å²) in [7, 11) is 0. The zero-order chi connectivity index (χ0) is 16.1. The van der Waals surface area contributed by atoms with Crippen LogP contribution in [0.4, 0.5) is 11.6 Å². The molecule has 6 heteroatoms. The van der Waals surface area contributed by atoms with Gasteiger partial charge in [0.25, 0.3) is 0 Å². The summed E-state index contributed by atoms with van der Waals surface area (Å²) in [5.41, 5.74) is 0.623. The van der Waals surface area contributed by atoms with E-state index in [1.807, 2.05) is 31.2 Å². The van der Waals surface area contributed by atoms with Gasteiger partial charge in [-0.05, 0) is 25.1 Å². The van der Waals surface area contributed by atoms with Crippen molar-refractivity contribution in [2.45, 2.75) is 6.92 Å². The Morgan fingerprint density at radius 1 is 1.13 bits per heavy atom. The highest BCUT2D eigenvalue weighted by Crippen LogP contribution is 2.21. The molecular formula is C17H19N5O. The van der Waals surface area contributed by atoms with Gasteiger partial charge in [0.2, 0.25) is 5.88 Å². The topological polar surface area (TPSA) is 65.3 Å². The van der Waals surface area contributed by atoms with Crippen molar-refractivity contribution >= 4 is 11.6 Å². The van der Waals surface area contributed by atoms with Crippen LogP contribution in [-0.4, -0.2) is 42.8 Å². The van der Waals surface area contributed by atoms with Crippen LogP contribution in [0, 0.1) is 11.3 Å². The minimum Gasteiger partial charge on any atom is -0.478 e. The molecule has 2 aromatic heterocycles. The van der Waals surface area contributed by atoms with Crippen molar-refractivity contribution in [3.8, 4) is 11.9 Å². The van der Waals surface area contributed by atoms with E-state index >= 15 is 0 Å². The van der Waals surface area contributed by atoms with Crippen molar-refractivity contribution < 1.29 is 4.74 Å². The molecule has 0 aliphatic carbocycles. The lowest BCUT2D eigenvalue weighted by atomic mass is 10.2. The first-order chi connectivity index (χ1) is 11.3. The highest BCUT2D eigenvalue weighted by molar-refractivity contribution is 5.55. The van der Waals surface area contributed by atoms with Crippen molar-refractivity contribution in [1.82, 2.24) is 9.97 Å². The van der Waals surface area contributed by atoms with Crippen LogP contribution in [0.1, 0.15) is 12.5 Å². The molecule has 0 bridgehead atoms. The van der Waals surface area contributed by atoms with Crippen molar-refractivity contribution in [3.63, 3.8) is 0 Å². The van der Waals surface area contributed by atoms with Crippen LogP contribution in [0.15, 0.2) is 36.5 Å². The fraction of sp³-hybridized carbons (Fsp3) is 0.353. The molecular weight excluding hydrogens is 290 g/mol. The van der Waals surface area contributed by atoms with Crippen LogP contribution in [-0.2, 0) is 0 Å². The van der Waals surface area contributed by atoms with Crippen LogP contribution < -0.4 is 14.5 Å². The fourth-order valence-corrected chi connectivity index (χ4v) is 2.69. The summed E-state index contributed by atoms with van der Waals surface area (Å²) >= 11 is 0. The zero-order valence-corrected chi connectivity index (χ0v) is 13.1. The standard InChI is InChI=1S/C17H19N5O/c1-2-23-16-7-3-6-15(20-16)21-9-11-22(12-10-21)17-14(13-18)5-4-8-19-17/h3-8H,2,9-12H2,1H3. The highest BCUT2D eigenvalue weighted by Gasteiger charge is 2.21. The number of nitriles is 1. The quantitative estimate of drug-likeness (QED) is 0.861. The third-order valence-corrected chi connectivity index (χ3v) is 3.81. The van der Waals surface area contributed by atoms with Crippen LogP contribution in [0.25, 0.3) is 0 Å². The molecule has 0 saturated carbocycles. The summed E-state index contributed by atoms with van der Waals surface area (Å²) in [6, 6.07) is 11.6. The van der Waals surface area contributed by atoms with E-state index < -0.39 is 0 Å². The lowest BCUT2D eigenvalue weighted by Crippen LogP contribution is -2.47. The number of aromatic nitrogens is 2. The first-order valence-electron chi connectivity index (χ1n) is 7.76. The first kappa shape index (κ1) is 15.1. The van der Waals surface area contributed by atoms with Gasteiger partial charge in [-0.15, -0.1) is 0 Å². The number of nitrogens with zero attached hydrogens (tertiary/aromatic N) is 5. The molecule has 118 valence electrons. The Morgan fingerprint density at radius 2 is 1.91 bits per heavy atom. The molecule has 0 radical (unpaired) electrons. The van der Waals surface area contributed by atoms with Crippen molar-refractivity contribution in [1.29, 1.82) is 5.26 Å². The predicted molar refractivity (Wildman–Crippen MR) is 88.8 cm³/mol. The zero-order valence-electron chi connectivity index (χ0n) is 13.1. The average molecular weight is 309 g/mol. The number of rotatable bonds is 4. The van der Waals surface area contributed by atoms with E-state index in [1.54, 1.807) is 12.3 Å². The first-order valence-corrected chi connectivity index (χ1v) is 7.76.